The molecule has 31 heavy (non-hydrogen) atoms. The van der Waals surface area contributed by atoms with Crippen LogP contribution in [0.25, 0.3) is 0 Å². The molecule has 0 aromatic heterocycles. The van der Waals surface area contributed by atoms with E-state index in [9.17, 15) is 9.59 Å². The van der Waals surface area contributed by atoms with Crippen LogP contribution in [0.5, 0.6) is 0 Å². The number of carbonyl (C=O) groups is 2. The highest BCUT2D eigenvalue weighted by atomic mass is 16.6. The first-order valence-electron chi connectivity index (χ1n) is 12.2. The maximum Gasteiger partial charge on any atom is 0.305 e. The molecule has 0 aromatic carbocycles. The van der Waals surface area contributed by atoms with E-state index >= 15 is 0 Å². The third kappa shape index (κ3) is 25.0. The summed E-state index contributed by atoms with van der Waals surface area (Å²) >= 11 is 0. The fourth-order valence-electron chi connectivity index (χ4n) is 2.90. The van der Waals surface area contributed by atoms with Gasteiger partial charge in [0.2, 0.25) is 0 Å². The second-order valence-corrected chi connectivity index (χ2v) is 7.61. The molecular formula is C24H46O7. The van der Waals surface area contributed by atoms with Crippen LogP contribution in [0.3, 0.4) is 0 Å². The average molecular weight is 447 g/mol. The molecule has 0 N–H and O–H groups in total. The zero-order valence-corrected chi connectivity index (χ0v) is 20.0. The van der Waals surface area contributed by atoms with Crippen molar-refractivity contribution in [3.8, 4) is 0 Å². The summed E-state index contributed by atoms with van der Waals surface area (Å²) < 4.78 is 26.2. The van der Waals surface area contributed by atoms with Gasteiger partial charge in [-0.2, -0.15) is 0 Å². The highest BCUT2D eigenvalue weighted by Gasteiger charge is 2.03. The minimum atomic E-state index is -0.186. The molecule has 0 unspecified atom stereocenters. The first-order valence-corrected chi connectivity index (χ1v) is 12.2. The summed E-state index contributed by atoms with van der Waals surface area (Å²) in [6.07, 6.45) is 12.9. The summed E-state index contributed by atoms with van der Waals surface area (Å²) in [5.74, 6) is -0.325. The van der Waals surface area contributed by atoms with Crippen molar-refractivity contribution in [2.75, 3.05) is 52.9 Å². The first kappa shape index (κ1) is 29.8. The molecule has 0 radical (unpaired) electrons. The van der Waals surface area contributed by atoms with E-state index in [4.69, 9.17) is 23.7 Å². The predicted octanol–water partition coefficient (Wildman–Crippen LogP) is 4.84. The summed E-state index contributed by atoms with van der Waals surface area (Å²) in [4.78, 5) is 22.8. The molecule has 0 aliphatic heterocycles. The van der Waals surface area contributed by atoms with Gasteiger partial charge in [-0.15, -0.1) is 0 Å². The topological polar surface area (TPSA) is 80.3 Å². The lowest BCUT2D eigenvalue weighted by Gasteiger charge is -2.08. The summed E-state index contributed by atoms with van der Waals surface area (Å²) in [6.45, 7) is 7.30. The molecule has 7 heteroatoms. The summed E-state index contributed by atoms with van der Waals surface area (Å²) in [7, 11) is 0. The molecule has 0 aliphatic rings. The van der Waals surface area contributed by atoms with Crippen molar-refractivity contribution in [3.05, 3.63) is 0 Å². The normalized spacial score (nSPS) is 10.9. The van der Waals surface area contributed by atoms with Crippen LogP contribution in [-0.2, 0) is 33.3 Å². The molecule has 0 aromatic rings. The molecule has 0 fully saturated rings. The van der Waals surface area contributed by atoms with Gasteiger partial charge in [0.25, 0.3) is 0 Å². The zero-order valence-electron chi connectivity index (χ0n) is 20.0. The number of carbonyl (C=O) groups excluding carboxylic acids is 2. The Bertz CT molecular complexity index is 401. The van der Waals surface area contributed by atoms with E-state index in [1.807, 2.05) is 6.92 Å². The minimum Gasteiger partial charge on any atom is -0.463 e. The molecular weight excluding hydrogens is 400 g/mol. The van der Waals surface area contributed by atoms with Crippen molar-refractivity contribution in [1.29, 1.82) is 0 Å². The van der Waals surface area contributed by atoms with Crippen molar-refractivity contribution >= 4 is 11.9 Å². The van der Waals surface area contributed by atoms with Gasteiger partial charge in [0.1, 0.15) is 13.2 Å². The van der Waals surface area contributed by atoms with Crippen LogP contribution in [0, 0.1) is 0 Å². The van der Waals surface area contributed by atoms with E-state index in [2.05, 4.69) is 6.92 Å². The summed E-state index contributed by atoms with van der Waals surface area (Å²) in [5, 5.41) is 0. The van der Waals surface area contributed by atoms with Crippen LogP contribution >= 0.6 is 0 Å². The van der Waals surface area contributed by atoms with E-state index in [0.717, 1.165) is 19.3 Å². The van der Waals surface area contributed by atoms with Crippen LogP contribution in [-0.4, -0.2) is 64.8 Å². The first-order chi connectivity index (χ1) is 15.2. The zero-order chi connectivity index (χ0) is 22.8. The van der Waals surface area contributed by atoms with Crippen LogP contribution in [0.15, 0.2) is 0 Å². The number of rotatable bonds is 24. The number of ether oxygens (including phenoxy) is 5. The Balaban J connectivity index is 3.18. The number of hydrogen-bond donors (Lipinski definition) is 0. The van der Waals surface area contributed by atoms with Crippen molar-refractivity contribution in [2.24, 2.45) is 0 Å². The Morgan fingerprint density at radius 1 is 0.452 bits per heavy atom. The van der Waals surface area contributed by atoms with E-state index in [1.54, 1.807) is 0 Å². The second-order valence-electron chi connectivity index (χ2n) is 7.61. The van der Waals surface area contributed by atoms with Crippen molar-refractivity contribution in [1.82, 2.24) is 0 Å². The molecule has 0 bridgehead atoms. The molecule has 0 saturated carbocycles. The SMILES string of the molecule is CCCCCCCCCCCC(=O)OCCOCCOCCOCCOC(=O)CCC. The van der Waals surface area contributed by atoms with Gasteiger partial charge in [-0.1, -0.05) is 65.2 Å². The lowest BCUT2D eigenvalue weighted by atomic mass is 10.1. The molecule has 0 rings (SSSR count). The van der Waals surface area contributed by atoms with Crippen LogP contribution < -0.4 is 0 Å². The van der Waals surface area contributed by atoms with Gasteiger partial charge in [0.05, 0.1) is 39.6 Å². The third-order valence-electron chi connectivity index (χ3n) is 4.66. The predicted molar refractivity (Wildman–Crippen MR) is 121 cm³/mol. The van der Waals surface area contributed by atoms with Crippen LogP contribution in [0.2, 0.25) is 0 Å². The van der Waals surface area contributed by atoms with E-state index in [0.29, 0.717) is 52.5 Å². The quantitative estimate of drug-likeness (QED) is 0.155. The van der Waals surface area contributed by atoms with Crippen molar-refractivity contribution in [3.63, 3.8) is 0 Å². The fourth-order valence-corrected chi connectivity index (χ4v) is 2.90. The molecule has 0 amide bonds. The van der Waals surface area contributed by atoms with Gasteiger partial charge in [-0.25, -0.2) is 0 Å². The average Bonchev–Trinajstić information content (AvgIpc) is 2.76. The summed E-state index contributed by atoms with van der Waals surface area (Å²) in [6, 6.07) is 0. The number of hydrogen-bond acceptors (Lipinski definition) is 7. The Hall–Kier alpha value is -1.18. The van der Waals surface area contributed by atoms with Gasteiger partial charge >= 0.3 is 11.9 Å². The van der Waals surface area contributed by atoms with E-state index < -0.39 is 0 Å². The van der Waals surface area contributed by atoms with E-state index in [1.165, 1.54) is 44.9 Å². The Morgan fingerprint density at radius 3 is 1.29 bits per heavy atom. The number of unbranched alkanes of at least 4 members (excludes halogenated alkanes) is 8. The highest BCUT2D eigenvalue weighted by molar-refractivity contribution is 5.69. The largest absolute Gasteiger partial charge is 0.463 e. The molecule has 0 spiro atoms. The Morgan fingerprint density at radius 2 is 0.839 bits per heavy atom. The standard InChI is InChI=1S/C24H46O7/c1-3-5-6-7-8-9-10-11-12-14-24(26)31-22-20-29-18-16-27-15-17-28-19-21-30-23(25)13-4-2/h3-22H2,1-2H3. The molecule has 7 nitrogen and oxygen atoms in total. The van der Waals surface area contributed by atoms with Gasteiger partial charge in [-0.3, -0.25) is 9.59 Å². The monoisotopic (exact) mass is 446 g/mol. The molecule has 0 aliphatic carbocycles. The van der Waals surface area contributed by atoms with E-state index in [-0.39, 0.29) is 25.2 Å². The molecule has 0 atom stereocenters. The molecule has 0 saturated heterocycles. The lowest BCUT2D eigenvalue weighted by molar-refractivity contribution is -0.146. The minimum absolute atomic E-state index is 0.139. The molecule has 184 valence electrons. The van der Waals surface area contributed by atoms with Crippen LogP contribution in [0.1, 0.15) is 90.9 Å². The van der Waals surface area contributed by atoms with Gasteiger partial charge < -0.3 is 23.7 Å². The van der Waals surface area contributed by atoms with Crippen molar-refractivity contribution in [2.45, 2.75) is 90.9 Å². The fraction of sp³-hybridized carbons (Fsp3) is 0.917. The molecule has 0 heterocycles. The van der Waals surface area contributed by atoms with Crippen molar-refractivity contribution < 1.29 is 33.3 Å². The van der Waals surface area contributed by atoms with Crippen LogP contribution in [0.4, 0.5) is 0 Å². The highest BCUT2D eigenvalue weighted by Crippen LogP contribution is 2.10. The maximum atomic E-state index is 11.7. The summed E-state index contributed by atoms with van der Waals surface area (Å²) in [5.41, 5.74) is 0. The maximum absolute atomic E-state index is 11.7. The van der Waals surface area contributed by atoms with Gasteiger partial charge in [-0.05, 0) is 12.8 Å². The lowest BCUT2D eigenvalue weighted by Crippen LogP contribution is -2.15. The Labute approximate surface area is 189 Å². The number of esters is 2. The van der Waals surface area contributed by atoms with Gasteiger partial charge in [0.15, 0.2) is 0 Å². The third-order valence-corrected chi connectivity index (χ3v) is 4.66. The Kier molecular flexibility index (Phi) is 24.1. The second kappa shape index (κ2) is 25.1. The van der Waals surface area contributed by atoms with Gasteiger partial charge in [0, 0.05) is 12.8 Å². The smallest absolute Gasteiger partial charge is 0.305 e.